The molecule has 0 aliphatic carbocycles. The lowest BCUT2D eigenvalue weighted by Gasteiger charge is -2.11. The summed E-state index contributed by atoms with van der Waals surface area (Å²) in [5.41, 5.74) is 8.65. The average molecular weight is 289 g/mol. The fourth-order valence-corrected chi connectivity index (χ4v) is 1.86. The van der Waals surface area contributed by atoms with E-state index in [2.05, 4.69) is 10.5 Å². The van der Waals surface area contributed by atoms with Gasteiger partial charge in [0.2, 0.25) is 0 Å². The minimum absolute atomic E-state index is 0.112. The van der Waals surface area contributed by atoms with Gasteiger partial charge in [-0.1, -0.05) is 30.3 Å². The maximum atomic E-state index is 5.65. The summed E-state index contributed by atoms with van der Waals surface area (Å²) in [4.78, 5) is 0. The number of hydrogen-bond donors (Lipinski definition) is 2. The van der Waals surface area contributed by atoms with Crippen molar-refractivity contribution in [1.82, 2.24) is 5.43 Å². The second-order valence-corrected chi connectivity index (χ2v) is 4.43. The molecule has 0 saturated heterocycles. The quantitative estimate of drug-likeness (QED) is 0.381. The molecule has 20 heavy (non-hydrogen) atoms. The minimum atomic E-state index is 0.112. The second kappa shape index (κ2) is 6.83. The first kappa shape index (κ1) is 14.2. The molecule has 0 unspecified atom stereocenters. The molecule has 0 aliphatic rings. The smallest absolute Gasteiger partial charge is 0.188 e. The number of nitrogens with one attached hydrogen (secondary N) is 1. The average Bonchev–Trinajstić information content (AvgIpc) is 2.45. The largest absolute Gasteiger partial charge is 0.466 e. The summed E-state index contributed by atoms with van der Waals surface area (Å²) >= 11 is 4.69. The van der Waals surface area contributed by atoms with Crippen molar-refractivity contribution in [2.45, 2.75) is 0 Å². The third-order valence-electron chi connectivity index (χ3n) is 2.61. The molecule has 0 amide bonds. The van der Waals surface area contributed by atoms with Crippen molar-refractivity contribution in [3.05, 3.63) is 42.0 Å². The van der Waals surface area contributed by atoms with Gasteiger partial charge in [0.1, 0.15) is 5.75 Å². The topological polar surface area (TPSA) is 68.9 Å². The first-order valence-electron chi connectivity index (χ1n) is 5.94. The van der Waals surface area contributed by atoms with Gasteiger partial charge in [-0.3, -0.25) is 5.43 Å². The molecule has 0 heterocycles. The van der Waals surface area contributed by atoms with Gasteiger partial charge in [0.25, 0.3) is 0 Å². The van der Waals surface area contributed by atoms with Crippen LogP contribution in [0.2, 0.25) is 0 Å². The summed E-state index contributed by atoms with van der Waals surface area (Å²) in [6.07, 6.45) is 1.61. The van der Waals surface area contributed by atoms with Crippen LogP contribution in [0.3, 0.4) is 0 Å². The Morgan fingerprint density at radius 1 is 1.35 bits per heavy atom. The molecule has 0 spiro atoms. The Morgan fingerprint density at radius 2 is 2.15 bits per heavy atom. The van der Waals surface area contributed by atoms with Crippen LogP contribution < -0.4 is 15.9 Å². The van der Waals surface area contributed by atoms with Crippen molar-refractivity contribution in [2.75, 3.05) is 13.9 Å². The predicted octanol–water partition coefficient (Wildman–Crippen LogP) is 1.99. The Bertz CT molecular complexity index is 643. The summed E-state index contributed by atoms with van der Waals surface area (Å²) in [5.74, 6) is 0.707. The van der Waals surface area contributed by atoms with Gasteiger partial charge in [0.05, 0.1) is 6.21 Å². The van der Waals surface area contributed by atoms with E-state index in [0.717, 1.165) is 16.3 Å². The van der Waals surface area contributed by atoms with Crippen molar-refractivity contribution >= 4 is 34.3 Å². The summed E-state index contributed by atoms with van der Waals surface area (Å²) in [6.45, 7) is 0.164. The molecule has 3 N–H and O–H groups in total. The highest BCUT2D eigenvalue weighted by molar-refractivity contribution is 7.80. The third-order valence-corrected chi connectivity index (χ3v) is 2.70. The molecule has 0 aromatic heterocycles. The lowest BCUT2D eigenvalue weighted by Crippen LogP contribution is -2.24. The van der Waals surface area contributed by atoms with Crippen LogP contribution in [0.25, 0.3) is 10.8 Å². The maximum Gasteiger partial charge on any atom is 0.188 e. The van der Waals surface area contributed by atoms with Gasteiger partial charge in [-0.2, -0.15) is 5.10 Å². The number of benzene rings is 2. The van der Waals surface area contributed by atoms with E-state index in [1.54, 1.807) is 13.3 Å². The normalized spacial score (nSPS) is 10.8. The molecule has 0 fully saturated rings. The third kappa shape index (κ3) is 3.43. The molecule has 5 nitrogen and oxygen atoms in total. The van der Waals surface area contributed by atoms with Crippen molar-refractivity contribution < 1.29 is 9.47 Å². The zero-order valence-corrected chi connectivity index (χ0v) is 11.8. The van der Waals surface area contributed by atoms with Crippen LogP contribution in [-0.2, 0) is 4.74 Å². The summed E-state index contributed by atoms with van der Waals surface area (Å²) in [5, 5.41) is 6.14. The van der Waals surface area contributed by atoms with Crippen molar-refractivity contribution in [3.63, 3.8) is 0 Å². The number of nitrogens with zero attached hydrogens (tertiary/aromatic N) is 1. The highest BCUT2D eigenvalue weighted by Gasteiger charge is 2.07. The van der Waals surface area contributed by atoms with Crippen molar-refractivity contribution in [2.24, 2.45) is 10.8 Å². The molecular formula is C14H15N3O2S. The van der Waals surface area contributed by atoms with Gasteiger partial charge >= 0.3 is 0 Å². The van der Waals surface area contributed by atoms with Gasteiger partial charge in [-0.05, 0) is 23.7 Å². The molecule has 0 radical (unpaired) electrons. The van der Waals surface area contributed by atoms with Crippen LogP contribution in [0.1, 0.15) is 5.56 Å². The Labute approximate surface area is 122 Å². The highest BCUT2D eigenvalue weighted by atomic mass is 32.1. The van der Waals surface area contributed by atoms with Gasteiger partial charge < -0.3 is 15.2 Å². The molecule has 0 atom stereocenters. The molecule has 2 aromatic rings. The first-order valence-corrected chi connectivity index (χ1v) is 6.35. The lowest BCUT2D eigenvalue weighted by atomic mass is 10.1. The molecule has 6 heteroatoms. The highest BCUT2D eigenvalue weighted by Crippen LogP contribution is 2.28. The molecule has 2 aromatic carbocycles. The van der Waals surface area contributed by atoms with Crippen LogP contribution in [0.4, 0.5) is 0 Å². The number of hydrazone groups is 1. The van der Waals surface area contributed by atoms with E-state index in [0.29, 0.717) is 5.75 Å². The number of fused-ring (bicyclic) bond motifs is 1. The Kier molecular flexibility index (Phi) is 4.86. The van der Waals surface area contributed by atoms with Crippen LogP contribution >= 0.6 is 12.2 Å². The molecular weight excluding hydrogens is 274 g/mol. The summed E-state index contributed by atoms with van der Waals surface area (Å²) < 4.78 is 10.6. The molecule has 0 saturated carbocycles. The van der Waals surface area contributed by atoms with E-state index in [-0.39, 0.29) is 11.9 Å². The number of thiocarbonyl (C=S) groups is 1. The zero-order chi connectivity index (χ0) is 14.4. The predicted molar refractivity (Wildman–Crippen MR) is 84.0 cm³/mol. The Balaban J connectivity index is 2.41. The zero-order valence-electron chi connectivity index (χ0n) is 11.0. The number of hydrogen-bond acceptors (Lipinski definition) is 4. The second-order valence-electron chi connectivity index (χ2n) is 3.99. The number of rotatable bonds is 5. The first-order chi connectivity index (χ1) is 9.72. The van der Waals surface area contributed by atoms with Crippen molar-refractivity contribution in [1.29, 1.82) is 0 Å². The maximum absolute atomic E-state index is 5.65. The lowest BCUT2D eigenvalue weighted by molar-refractivity contribution is 0.0521. The van der Waals surface area contributed by atoms with E-state index in [4.69, 9.17) is 27.4 Å². The number of methoxy groups -OCH3 is 1. The molecule has 0 bridgehead atoms. The van der Waals surface area contributed by atoms with E-state index in [1.165, 1.54) is 0 Å². The standard InChI is InChI=1S/C14H15N3O2S/c1-18-9-19-13-11(8-16-17-14(15)20)7-6-10-4-2-3-5-12(10)13/h2-8H,9H2,1H3,(H3,15,17,20)/b16-8+. The van der Waals surface area contributed by atoms with E-state index in [9.17, 15) is 0 Å². The number of nitrogens with two attached hydrogens (primary N) is 1. The van der Waals surface area contributed by atoms with Crippen LogP contribution in [0.15, 0.2) is 41.5 Å². The Hall–Kier alpha value is -2.18. The van der Waals surface area contributed by atoms with Crippen LogP contribution in [0.5, 0.6) is 5.75 Å². The van der Waals surface area contributed by atoms with Gasteiger partial charge in [-0.15, -0.1) is 0 Å². The van der Waals surface area contributed by atoms with Crippen LogP contribution in [0, 0.1) is 0 Å². The van der Waals surface area contributed by atoms with Gasteiger partial charge in [-0.25, -0.2) is 0 Å². The molecule has 2 rings (SSSR count). The minimum Gasteiger partial charge on any atom is -0.466 e. The van der Waals surface area contributed by atoms with E-state index >= 15 is 0 Å². The van der Waals surface area contributed by atoms with Gasteiger partial charge in [0, 0.05) is 18.1 Å². The van der Waals surface area contributed by atoms with E-state index < -0.39 is 0 Å². The SMILES string of the molecule is COCOc1c(/C=N/NC(N)=S)ccc2ccccc12. The Morgan fingerprint density at radius 3 is 2.90 bits per heavy atom. The van der Waals surface area contributed by atoms with Gasteiger partial charge in [0.15, 0.2) is 11.9 Å². The summed E-state index contributed by atoms with van der Waals surface area (Å²) in [7, 11) is 1.58. The molecule has 104 valence electrons. The fraction of sp³-hybridized carbons (Fsp3) is 0.143. The molecule has 0 aliphatic heterocycles. The van der Waals surface area contributed by atoms with E-state index in [1.807, 2.05) is 36.4 Å². The van der Waals surface area contributed by atoms with Crippen molar-refractivity contribution in [3.8, 4) is 5.75 Å². The number of ether oxygens (including phenoxy) is 2. The van der Waals surface area contributed by atoms with Crippen LogP contribution in [-0.4, -0.2) is 25.2 Å². The fourth-order valence-electron chi connectivity index (χ4n) is 1.81. The summed E-state index contributed by atoms with van der Waals surface area (Å²) in [6, 6.07) is 11.8. The monoisotopic (exact) mass is 289 g/mol.